The number of hydrogen-bond acceptors (Lipinski definition) is 6. The van der Waals surface area contributed by atoms with Crippen LogP contribution < -0.4 is 5.73 Å². The molecule has 6 nitrogen and oxygen atoms in total. The molecule has 0 bridgehead atoms. The molecule has 0 saturated carbocycles. The number of aromatic nitrogens is 3. The van der Waals surface area contributed by atoms with Crippen molar-refractivity contribution in [1.29, 1.82) is 5.26 Å². The lowest BCUT2D eigenvalue weighted by Gasteiger charge is -1.94. The summed E-state index contributed by atoms with van der Waals surface area (Å²) in [6.07, 6.45) is 1.45. The van der Waals surface area contributed by atoms with Gasteiger partial charge in [-0.3, -0.25) is 0 Å². The first-order valence-corrected chi connectivity index (χ1v) is 4.66. The molecule has 16 heavy (non-hydrogen) atoms. The van der Waals surface area contributed by atoms with E-state index < -0.39 is 0 Å². The normalized spacial score (nSPS) is 12.1. The first kappa shape index (κ1) is 10.3. The summed E-state index contributed by atoms with van der Waals surface area (Å²) in [5, 5.41) is 12.3. The Kier molecular flexibility index (Phi) is 2.62. The highest BCUT2D eigenvalue weighted by molar-refractivity contribution is 5.47. The van der Waals surface area contributed by atoms with Crippen LogP contribution in [0.2, 0.25) is 0 Å². The van der Waals surface area contributed by atoms with Crippen molar-refractivity contribution in [3.63, 3.8) is 0 Å². The summed E-state index contributed by atoms with van der Waals surface area (Å²) < 4.78 is 5.00. The van der Waals surface area contributed by atoms with Gasteiger partial charge in [0.25, 0.3) is 5.89 Å². The summed E-state index contributed by atoms with van der Waals surface area (Å²) in [7, 11) is 0. The summed E-state index contributed by atoms with van der Waals surface area (Å²) in [6.45, 7) is 1.76. The summed E-state index contributed by atoms with van der Waals surface area (Å²) in [6, 6.07) is 4.99. The van der Waals surface area contributed by atoms with E-state index >= 15 is 0 Å². The van der Waals surface area contributed by atoms with E-state index in [1.54, 1.807) is 19.1 Å². The fourth-order valence-electron chi connectivity index (χ4n) is 1.11. The van der Waals surface area contributed by atoms with E-state index in [1.807, 2.05) is 6.07 Å². The van der Waals surface area contributed by atoms with E-state index in [-0.39, 0.29) is 6.04 Å². The van der Waals surface area contributed by atoms with Crippen molar-refractivity contribution in [3.8, 4) is 17.7 Å². The van der Waals surface area contributed by atoms with Gasteiger partial charge >= 0.3 is 0 Å². The molecule has 0 aromatic carbocycles. The molecule has 1 unspecified atom stereocenters. The predicted octanol–water partition coefficient (Wildman–Crippen LogP) is 1.02. The topological polar surface area (TPSA) is 102 Å². The van der Waals surface area contributed by atoms with Gasteiger partial charge in [0.05, 0.1) is 11.6 Å². The first-order chi connectivity index (χ1) is 7.70. The molecule has 0 spiro atoms. The second-order valence-corrected chi connectivity index (χ2v) is 3.29. The molecule has 2 rings (SSSR count). The summed E-state index contributed by atoms with van der Waals surface area (Å²) >= 11 is 0. The minimum Gasteiger partial charge on any atom is -0.332 e. The van der Waals surface area contributed by atoms with Crippen molar-refractivity contribution in [2.24, 2.45) is 5.73 Å². The lowest BCUT2D eigenvalue weighted by atomic mass is 10.2. The molecule has 2 aromatic heterocycles. The number of nitrogens with zero attached hydrogens (tertiary/aromatic N) is 4. The molecule has 2 N–H and O–H groups in total. The summed E-state index contributed by atoms with van der Waals surface area (Å²) in [5.41, 5.74) is 6.61. The Morgan fingerprint density at radius 3 is 2.81 bits per heavy atom. The highest BCUT2D eigenvalue weighted by Crippen LogP contribution is 2.16. The molecule has 0 aliphatic carbocycles. The highest BCUT2D eigenvalue weighted by Gasteiger charge is 2.12. The largest absolute Gasteiger partial charge is 0.332 e. The summed E-state index contributed by atoms with van der Waals surface area (Å²) in [5.74, 6) is 0.734. The van der Waals surface area contributed by atoms with Gasteiger partial charge in [-0.05, 0) is 19.1 Å². The van der Waals surface area contributed by atoms with Crippen molar-refractivity contribution < 1.29 is 4.52 Å². The minimum atomic E-state index is -0.282. The molecule has 0 fully saturated rings. The quantitative estimate of drug-likeness (QED) is 0.802. The van der Waals surface area contributed by atoms with Gasteiger partial charge in [0.2, 0.25) is 0 Å². The zero-order valence-corrected chi connectivity index (χ0v) is 8.58. The predicted molar refractivity (Wildman–Crippen MR) is 54.8 cm³/mol. The van der Waals surface area contributed by atoms with Crippen LogP contribution in [0.4, 0.5) is 0 Å². The average Bonchev–Trinajstić information content (AvgIpc) is 2.78. The van der Waals surface area contributed by atoms with E-state index in [9.17, 15) is 0 Å². The smallest absolute Gasteiger partial charge is 0.276 e. The van der Waals surface area contributed by atoms with Crippen LogP contribution in [0, 0.1) is 11.3 Å². The van der Waals surface area contributed by atoms with Crippen molar-refractivity contribution in [1.82, 2.24) is 15.1 Å². The number of rotatable bonds is 2. The van der Waals surface area contributed by atoms with Gasteiger partial charge in [-0.25, -0.2) is 4.98 Å². The Morgan fingerprint density at radius 2 is 2.31 bits per heavy atom. The molecular weight excluding hydrogens is 206 g/mol. The van der Waals surface area contributed by atoms with E-state index in [0.29, 0.717) is 23.0 Å². The zero-order chi connectivity index (χ0) is 11.5. The molecule has 0 aliphatic rings. The van der Waals surface area contributed by atoms with Crippen LogP contribution in [0.15, 0.2) is 22.9 Å². The molecule has 0 saturated heterocycles. The van der Waals surface area contributed by atoms with Crippen molar-refractivity contribution in [3.05, 3.63) is 29.7 Å². The molecule has 0 aliphatic heterocycles. The second-order valence-electron chi connectivity index (χ2n) is 3.29. The fourth-order valence-corrected chi connectivity index (χ4v) is 1.11. The van der Waals surface area contributed by atoms with Gasteiger partial charge in [0.15, 0.2) is 5.82 Å². The van der Waals surface area contributed by atoms with Crippen LogP contribution in [0.1, 0.15) is 24.4 Å². The highest BCUT2D eigenvalue weighted by atomic mass is 16.5. The van der Waals surface area contributed by atoms with Gasteiger partial charge in [0.1, 0.15) is 11.8 Å². The zero-order valence-electron chi connectivity index (χ0n) is 8.58. The van der Waals surface area contributed by atoms with Crippen molar-refractivity contribution >= 4 is 0 Å². The lowest BCUT2D eigenvalue weighted by molar-refractivity contribution is 0.417. The van der Waals surface area contributed by atoms with Crippen LogP contribution >= 0.6 is 0 Å². The molecule has 1 atom stereocenters. The Bertz CT molecular complexity index is 523. The Balaban J connectivity index is 2.32. The molecular formula is C10H9N5O. The van der Waals surface area contributed by atoms with E-state index in [2.05, 4.69) is 15.1 Å². The monoisotopic (exact) mass is 215 g/mol. The van der Waals surface area contributed by atoms with E-state index in [1.165, 1.54) is 6.20 Å². The number of hydrogen-bond donors (Lipinski definition) is 1. The minimum absolute atomic E-state index is 0.282. The van der Waals surface area contributed by atoms with Crippen LogP contribution in [0.3, 0.4) is 0 Å². The fraction of sp³-hybridized carbons (Fsp3) is 0.200. The molecule has 6 heteroatoms. The molecule has 0 amide bonds. The van der Waals surface area contributed by atoms with Crippen LogP contribution in [0.25, 0.3) is 11.6 Å². The molecule has 0 radical (unpaired) electrons. The van der Waals surface area contributed by atoms with Gasteiger partial charge in [-0.2, -0.15) is 10.2 Å². The Labute approximate surface area is 91.7 Å². The molecule has 2 heterocycles. The van der Waals surface area contributed by atoms with Gasteiger partial charge in [-0.1, -0.05) is 5.16 Å². The standard InChI is InChI=1S/C10H9N5O/c1-6(12)9-14-10(16-15-9)8-3-2-7(4-11)5-13-8/h2-3,5-6H,12H2,1H3. The lowest BCUT2D eigenvalue weighted by Crippen LogP contribution is -2.06. The number of nitriles is 1. The Morgan fingerprint density at radius 1 is 1.50 bits per heavy atom. The van der Waals surface area contributed by atoms with Gasteiger partial charge in [-0.15, -0.1) is 0 Å². The van der Waals surface area contributed by atoms with Crippen molar-refractivity contribution in [2.45, 2.75) is 13.0 Å². The maximum absolute atomic E-state index is 8.62. The average molecular weight is 215 g/mol. The van der Waals surface area contributed by atoms with Crippen LogP contribution in [0.5, 0.6) is 0 Å². The van der Waals surface area contributed by atoms with Crippen molar-refractivity contribution in [2.75, 3.05) is 0 Å². The summed E-state index contributed by atoms with van der Waals surface area (Å²) in [4.78, 5) is 8.12. The maximum Gasteiger partial charge on any atom is 0.276 e. The maximum atomic E-state index is 8.62. The second kappa shape index (κ2) is 4.08. The van der Waals surface area contributed by atoms with Crippen LogP contribution in [-0.4, -0.2) is 15.1 Å². The number of nitrogens with two attached hydrogens (primary N) is 1. The first-order valence-electron chi connectivity index (χ1n) is 4.66. The molecule has 80 valence electrons. The van der Waals surface area contributed by atoms with Gasteiger partial charge in [0, 0.05) is 6.20 Å². The molecule has 2 aromatic rings. The van der Waals surface area contributed by atoms with Crippen LogP contribution in [-0.2, 0) is 0 Å². The third-order valence-electron chi connectivity index (χ3n) is 1.96. The number of pyridine rings is 1. The van der Waals surface area contributed by atoms with E-state index in [0.717, 1.165) is 0 Å². The SMILES string of the molecule is CC(N)c1noc(-c2ccc(C#N)cn2)n1. The third kappa shape index (κ3) is 1.89. The van der Waals surface area contributed by atoms with E-state index in [4.69, 9.17) is 15.5 Å². The van der Waals surface area contributed by atoms with Gasteiger partial charge < -0.3 is 10.3 Å². The third-order valence-corrected chi connectivity index (χ3v) is 1.96. The Hall–Kier alpha value is -2.26.